The van der Waals surface area contributed by atoms with Gasteiger partial charge >= 0.3 is 5.97 Å². The highest BCUT2D eigenvalue weighted by Gasteiger charge is 2.16. The SMILES string of the molecule is CC(C(=O)O)n1cc(Cl)c2ccccc21. The summed E-state index contributed by atoms with van der Waals surface area (Å²) in [5, 5.41) is 10.4. The minimum atomic E-state index is -0.868. The van der Waals surface area contributed by atoms with Crippen molar-refractivity contribution in [3.63, 3.8) is 0 Å². The molecular formula is C11H10ClNO2. The molecule has 0 fully saturated rings. The predicted octanol–water partition coefficient (Wildman–Crippen LogP) is 2.94. The molecule has 78 valence electrons. The Hall–Kier alpha value is -1.48. The van der Waals surface area contributed by atoms with Crippen molar-refractivity contribution in [2.75, 3.05) is 0 Å². The molecule has 1 atom stereocenters. The van der Waals surface area contributed by atoms with Gasteiger partial charge in [-0.2, -0.15) is 0 Å². The average molecular weight is 224 g/mol. The van der Waals surface area contributed by atoms with Gasteiger partial charge in [-0.1, -0.05) is 29.8 Å². The van der Waals surface area contributed by atoms with Crippen molar-refractivity contribution < 1.29 is 9.90 Å². The molecule has 0 saturated carbocycles. The Bertz CT molecular complexity index is 518. The summed E-state index contributed by atoms with van der Waals surface area (Å²) >= 11 is 6.01. The van der Waals surface area contributed by atoms with Crippen LogP contribution in [0.4, 0.5) is 0 Å². The number of aromatic nitrogens is 1. The fraction of sp³-hybridized carbons (Fsp3) is 0.182. The largest absolute Gasteiger partial charge is 0.480 e. The van der Waals surface area contributed by atoms with E-state index in [0.29, 0.717) is 5.02 Å². The van der Waals surface area contributed by atoms with Crippen molar-refractivity contribution in [1.29, 1.82) is 0 Å². The van der Waals surface area contributed by atoms with E-state index >= 15 is 0 Å². The molecule has 2 rings (SSSR count). The molecule has 3 nitrogen and oxygen atoms in total. The summed E-state index contributed by atoms with van der Waals surface area (Å²) in [6.45, 7) is 1.63. The van der Waals surface area contributed by atoms with Crippen LogP contribution in [0.25, 0.3) is 10.9 Å². The highest BCUT2D eigenvalue weighted by molar-refractivity contribution is 6.35. The molecule has 1 aromatic heterocycles. The van der Waals surface area contributed by atoms with Gasteiger partial charge in [0.15, 0.2) is 0 Å². The van der Waals surface area contributed by atoms with Crippen molar-refractivity contribution in [3.05, 3.63) is 35.5 Å². The Morgan fingerprint density at radius 1 is 1.47 bits per heavy atom. The minimum Gasteiger partial charge on any atom is -0.480 e. The molecule has 0 saturated heterocycles. The van der Waals surface area contributed by atoms with E-state index in [4.69, 9.17) is 16.7 Å². The Morgan fingerprint density at radius 3 is 2.80 bits per heavy atom. The molecule has 15 heavy (non-hydrogen) atoms. The second-order valence-electron chi connectivity index (χ2n) is 3.42. The quantitative estimate of drug-likeness (QED) is 0.851. The van der Waals surface area contributed by atoms with E-state index in [0.717, 1.165) is 10.9 Å². The van der Waals surface area contributed by atoms with Gasteiger partial charge in [-0.05, 0) is 13.0 Å². The number of hydrogen-bond acceptors (Lipinski definition) is 1. The van der Waals surface area contributed by atoms with E-state index in [9.17, 15) is 4.79 Å². The van der Waals surface area contributed by atoms with E-state index in [1.165, 1.54) is 0 Å². The van der Waals surface area contributed by atoms with E-state index in [1.807, 2.05) is 24.3 Å². The maximum absolute atomic E-state index is 10.9. The van der Waals surface area contributed by atoms with Gasteiger partial charge in [0, 0.05) is 11.6 Å². The summed E-state index contributed by atoms with van der Waals surface area (Å²) in [4.78, 5) is 10.9. The third-order valence-corrected chi connectivity index (χ3v) is 2.77. The summed E-state index contributed by atoms with van der Waals surface area (Å²) in [6, 6.07) is 6.87. The van der Waals surface area contributed by atoms with Crippen molar-refractivity contribution in [1.82, 2.24) is 4.57 Å². The van der Waals surface area contributed by atoms with E-state index in [2.05, 4.69) is 0 Å². The molecule has 0 spiro atoms. The van der Waals surface area contributed by atoms with Crippen LogP contribution in [0.3, 0.4) is 0 Å². The van der Waals surface area contributed by atoms with Crippen LogP contribution in [-0.2, 0) is 4.79 Å². The molecule has 4 heteroatoms. The summed E-state index contributed by atoms with van der Waals surface area (Å²) < 4.78 is 1.67. The Labute approximate surface area is 91.9 Å². The fourth-order valence-electron chi connectivity index (χ4n) is 1.60. The summed E-state index contributed by atoms with van der Waals surface area (Å²) in [5.41, 5.74) is 0.845. The number of carboxylic acid groups (broad SMARTS) is 1. The maximum atomic E-state index is 10.9. The van der Waals surface area contributed by atoms with Gasteiger partial charge in [0.05, 0.1) is 10.5 Å². The number of para-hydroxylation sites is 1. The van der Waals surface area contributed by atoms with Crippen LogP contribution in [-0.4, -0.2) is 15.6 Å². The molecule has 1 N–H and O–H groups in total. The van der Waals surface area contributed by atoms with Crippen LogP contribution in [0, 0.1) is 0 Å². The van der Waals surface area contributed by atoms with E-state index in [-0.39, 0.29) is 0 Å². The lowest BCUT2D eigenvalue weighted by Gasteiger charge is -2.09. The first-order chi connectivity index (χ1) is 7.11. The Kier molecular flexibility index (Phi) is 2.40. The van der Waals surface area contributed by atoms with Crippen molar-refractivity contribution in [2.24, 2.45) is 0 Å². The standard InChI is InChI=1S/C11H10ClNO2/c1-7(11(14)15)13-6-9(12)8-4-2-3-5-10(8)13/h2-7H,1H3,(H,14,15). The number of aliphatic carboxylic acids is 1. The van der Waals surface area contributed by atoms with Gasteiger partial charge in [-0.15, -0.1) is 0 Å². The smallest absolute Gasteiger partial charge is 0.326 e. The lowest BCUT2D eigenvalue weighted by molar-refractivity contribution is -0.140. The zero-order valence-corrected chi connectivity index (χ0v) is 8.90. The number of benzene rings is 1. The number of nitrogens with zero attached hydrogens (tertiary/aromatic N) is 1. The van der Waals surface area contributed by atoms with Gasteiger partial charge < -0.3 is 9.67 Å². The molecular weight excluding hydrogens is 214 g/mol. The number of rotatable bonds is 2. The molecule has 1 unspecified atom stereocenters. The highest BCUT2D eigenvalue weighted by Crippen LogP contribution is 2.28. The first kappa shape index (κ1) is 10.1. The van der Waals surface area contributed by atoms with Crippen LogP contribution in [0.15, 0.2) is 30.5 Å². The molecule has 0 amide bonds. The van der Waals surface area contributed by atoms with Gasteiger partial charge in [0.25, 0.3) is 0 Å². The summed E-state index contributed by atoms with van der Waals surface area (Å²) in [6.07, 6.45) is 1.66. The molecule has 1 aromatic carbocycles. The predicted molar refractivity (Wildman–Crippen MR) is 59.3 cm³/mol. The second-order valence-corrected chi connectivity index (χ2v) is 3.82. The normalized spacial score (nSPS) is 12.9. The van der Waals surface area contributed by atoms with E-state index < -0.39 is 12.0 Å². The van der Waals surface area contributed by atoms with Crippen molar-refractivity contribution in [2.45, 2.75) is 13.0 Å². The van der Waals surface area contributed by atoms with Crippen molar-refractivity contribution in [3.8, 4) is 0 Å². The number of halogens is 1. The fourth-order valence-corrected chi connectivity index (χ4v) is 1.87. The molecule has 0 radical (unpaired) electrons. The lowest BCUT2D eigenvalue weighted by Crippen LogP contribution is -2.14. The molecule has 1 heterocycles. The Balaban J connectivity index is 2.67. The lowest BCUT2D eigenvalue weighted by atomic mass is 10.2. The van der Waals surface area contributed by atoms with Crippen LogP contribution in [0.1, 0.15) is 13.0 Å². The highest BCUT2D eigenvalue weighted by atomic mass is 35.5. The third-order valence-electron chi connectivity index (χ3n) is 2.47. The van der Waals surface area contributed by atoms with E-state index in [1.54, 1.807) is 17.7 Å². The number of carboxylic acids is 1. The van der Waals surface area contributed by atoms with Gasteiger partial charge in [0.2, 0.25) is 0 Å². The molecule has 0 aliphatic rings. The first-order valence-electron chi connectivity index (χ1n) is 4.59. The van der Waals surface area contributed by atoms with Gasteiger partial charge in [0.1, 0.15) is 6.04 Å². The second kappa shape index (κ2) is 3.59. The third kappa shape index (κ3) is 1.59. The summed E-state index contributed by atoms with van der Waals surface area (Å²) in [7, 11) is 0. The number of fused-ring (bicyclic) bond motifs is 1. The van der Waals surface area contributed by atoms with Gasteiger partial charge in [-0.25, -0.2) is 4.79 Å². The monoisotopic (exact) mass is 223 g/mol. The van der Waals surface area contributed by atoms with Crippen LogP contribution < -0.4 is 0 Å². The Morgan fingerprint density at radius 2 is 2.13 bits per heavy atom. The first-order valence-corrected chi connectivity index (χ1v) is 4.97. The molecule has 0 aliphatic carbocycles. The van der Waals surface area contributed by atoms with Crippen molar-refractivity contribution >= 4 is 28.5 Å². The molecule has 0 bridgehead atoms. The molecule has 2 aromatic rings. The minimum absolute atomic E-state index is 0.582. The zero-order chi connectivity index (χ0) is 11.0. The topological polar surface area (TPSA) is 42.2 Å². The van der Waals surface area contributed by atoms with Crippen LogP contribution in [0.5, 0.6) is 0 Å². The zero-order valence-electron chi connectivity index (χ0n) is 8.14. The molecule has 0 aliphatic heterocycles. The maximum Gasteiger partial charge on any atom is 0.326 e. The van der Waals surface area contributed by atoms with Gasteiger partial charge in [-0.3, -0.25) is 0 Å². The van der Waals surface area contributed by atoms with Crippen LogP contribution >= 0.6 is 11.6 Å². The van der Waals surface area contributed by atoms with Crippen LogP contribution in [0.2, 0.25) is 5.02 Å². The number of carbonyl (C=O) groups is 1. The summed E-state index contributed by atoms with van der Waals surface area (Å²) in [5.74, 6) is -0.868. The number of hydrogen-bond donors (Lipinski definition) is 1. The average Bonchev–Trinajstić information content (AvgIpc) is 2.56.